The molecule has 1 aliphatic carbocycles. The van der Waals surface area contributed by atoms with E-state index < -0.39 is 0 Å². The van der Waals surface area contributed by atoms with E-state index >= 15 is 0 Å². The summed E-state index contributed by atoms with van der Waals surface area (Å²) in [6.07, 6.45) is 5.56. The van der Waals surface area contributed by atoms with Crippen molar-refractivity contribution in [2.45, 2.75) is 50.7 Å². The van der Waals surface area contributed by atoms with E-state index in [9.17, 15) is 9.59 Å². The fraction of sp³-hybridized carbons (Fsp3) is 0.619. The molecule has 1 aromatic rings. The van der Waals surface area contributed by atoms with Gasteiger partial charge in [0.1, 0.15) is 0 Å². The number of fused-ring (bicyclic) bond motifs is 1. The van der Waals surface area contributed by atoms with Crippen molar-refractivity contribution in [1.82, 2.24) is 10.2 Å². The summed E-state index contributed by atoms with van der Waals surface area (Å²) in [5.41, 5.74) is 1.79. The summed E-state index contributed by atoms with van der Waals surface area (Å²) in [7, 11) is 0. The number of halogens is 1. The zero-order chi connectivity index (χ0) is 18.6. The van der Waals surface area contributed by atoms with E-state index in [1.165, 1.54) is 0 Å². The lowest BCUT2D eigenvalue weighted by molar-refractivity contribution is -0.129. The van der Waals surface area contributed by atoms with Crippen LogP contribution in [0.1, 0.15) is 37.7 Å². The predicted octanol–water partition coefficient (Wildman–Crippen LogP) is 2.37. The average molecular weight is 408 g/mol. The topological polar surface area (TPSA) is 70.7 Å². The molecular weight excluding hydrogens is 378 g/mol. The lowest BCUT2D eigenvalue weighted by atomic mass is 9.82. The number of carbonyl (C=O) groups excluding carboxylic acids is 2. The molecule has 0 radical (unpaired) electrons. The lowest BCUT2D eigenvalue weighted by Crippen LogP contribution is -2.52. The zero-order valence-electron chi connectivity index (χ0n) is 16.2. The molecule has 2 aliphatic heterocycles. The second-order valence-electron chi connectivity index (χ2n) is 7.93. The first-order chi connectivity index (χ1) is 13.2. The third-order valence-electron chi connectivity index (χ3n) is 6.03. The molecule has 3 atom stereocenters. The van der Waals surface area contributed by atoms with Gasteiger partial charge in [-0.3, -0.25) is 9.59 Å². The standard InChI is InChI=1S/C21H29N3O3.ClH/c25-20(24-10-1-2-11-24)13-15-3-6-17(7-4-15)23-21(26)16-5-8-19-18(14-16)22-9-12-27-19;/h3-4,6-7,16,18-19,22H,1-2,5,8-14H2,(H,23,26);1H/t16-,18+,19+;/m0./s1. The Bertz CT molecular complexity index is 676. The minimum atomic E-state index is 0. The first-order valence-corrected chi connectivity index (χ1v) is 10.2. The molecule has 3 aliphatic rings. The lowest BCUT2D eigenvalue weighted by Gasteiger charge is -2.39. The maximum absolute atomic E-state index is 12.6. The SMILES string of the molecule is Cl.O=C(Nc1ccc(CC(=O)N2CCCC2)cc1)[C@H]1CC[C@H]2OCCN[C@@H]2C1. The van der Waals surface area contributed by atoms with Crippen molar-refractivity contribution in [3.05, 3.63) is 29.8 Å². The number of anilines is 1. The third-order valence-corrected chi connectivity index (χ3v) is 6.03. The Hall–Kier alpha value is -1.63. The van der Waals surface area contributed by atoms with Crippen molar-refractivity contribution in [2.24, 2.45) is 5.92 Å². The normalized spacial score (nSPS) is 26.9. The van der Waals surface area contributed by atoms with Crippen LogP contribution in [0.25, 0.3) is 0 Å². The molecule has 7 heteroatoms. The van der Waals surface area contributed by atoms with Gasteiger partial charge in [0.2, 0.25) is 11.8 Å². The van der Waals surface area contributed by atoms with Crippen molar-refractivity contribution in [1.29, 1.82) is 0 Å². The van der Waals surface area contributed by atoms with Gasteiger partial charge in [0.05, 0.1) is 19.1 Å². The number of ether oxygens (including phenoxy) is 1. The zero-order valence-corrected chi connectivity index (χ0v) is 17.0. The number of hydrogen-bond donors (Lipinski definition) is 2. The van der Waals surface area contributed by atoms with Gasteiger partial charge >= 0.3 is 0 Å². The van der Waals surface area contributed by atoms with Crippen LogP contribution < -0.4 is 10.6 Å². The van der Waals surface area contributed by atoms with Crippen LogP contribution in [0.2, 0.25) is 0 Å². The second kappa shape index (κ2) is 9.72. The first kappa shape index (κ1) is 21.1. The minimum absolute atomic E-state index is 0. The van der Waals surface area contributed by atoms with E-state index in [0.717, 1.165) is 69.6 Å². The van der Waals surface area contributed by atoms with Gasteiger partial charge in [-0.05, 0) is 49.8 Å². The summed E-state index contributed by atoms with van der Waals surface area (Å²) < 4.78 is 5.78. The number of likely N-dealkylation sites (tertiary alicyclic amines) is 1. The fourth-order valence-electron chi connectivity index (χ4n) is 4.45. The van der Waals surface area contributed by atoms with Crippen LogP contribution in [0.4, 0.5) is 5.69 Å². The van der Waals surface area contributed by atoms with Crippen LogP contribution in [0.3, 0.4) is 0 Å². The predicted molar refractivity (Wildman–Crippen MR) is 111 cm³/mol. The molecule has 4 rings (SSSR count). The Morgan fingerprint density at radius 2 is 1.89 bits per heavy atom. The number of carbonyl (C=O) groups is 2. The molecule has 0 unspecified atom stereocenters. The molecule has 0 bridgehead atoms. The van der Waals surface area contributed by atoms with Crippen molar-refractivity contribution in [3.8, 4) is 0 Å². The minimum Gasteiger partial charge on any atom is -0.375 e. The molecule has 2 N–H and O–H groups in total. The maximum Gasteiger partial charge on any atom is 0.227 e. The van der Waals surface area contributed by atoms with Gasteiger partial charge in [0.25, 0.3) is 0 Å². The second-order valence-corrected chi connectivity index (χ2v) is 7.93. The van der Waals surface area contributed by atoms with Gasteiger partial charge in [-0.2, -0.15) is 0 Å². The van der Waals surface area contributed by atoms with Gasteiger partial charge in [0, 0.05) is 37.3 Å². The monoisotopic (exact) mass is 407 g/mol. The number of nitrogens with one attached hydrogen (secondary N) is 2. The summed E-state index contributed by atoms with van der Waals surface area (Å²) in [6.45, 7) is 3.41. The van der Waals surface area contributed by atoms with Gasteiger partial charge < -0.3 is 20.3 Å². The smallest absolute Gasteiger partial charge is 0.227 e. The number of benzene rings is 1. The van der Waals surface area contributed by atoms with Crippen LogP contribution >= 0.6 is 12.4 Å². The van der Waals surface area contributed by atoms with E-state index in [0.29, 0.717) is 12.5 Å². The summed E-state index contributed by atoms with van der Waals surface area (Å²) in [5, 5.41) is 6.52. The average Bonchev–Trinajstić information content (AvgIpc) is 3.24. The molecule has 0 spiro atoms. The number of morpholine rings is 1. The van der Waals surface area contributed by atoms with Crippen molar-refractivity contribution < 1.29 is 14.3 Å². The summed E-state index contributed by atoms with van der Waals surface area (Å²) in [5.74, 6) is 0.307. The number of hydrogen-bond acceptors (Lipinski definition) is 4. The Labute approximate surface area is 172 Å². The van der Waals surface area contributed by atoms with Crippen LogP contribution in [-0.4, -0.2) is 55.1 Å². The molecule has 2 amide bonds. The van der Waals surface area contributed by atoms with Crippen LogP contribution in [0, 0.1) is 5.92 Å². The molecule has 2 heterocycles. The third kappa shape index (κ3) is 5.04. The Morgan fingerprint density at radius 1 is 1.14 bits per heavy atom. The summed E-state index contributed by atoms with van der Waals surface area (Å²) >= 11 is 0. The van der Waals surface area contributed by atoms with Gasteiger partial charge in [0.15, 0.2) is 0 Å². The van der Waals surface area contributed by atoms with Crippen molar-refractivity contribution in [2.75, 3.05) is 31.6 Å². The number of nitrogens with zero attached hydrogens (tertiary/aromatic N) is 1. The molecule has 154 valence electrons. The highest BCUT2D eigenvalue weighted by atomic mass is 35.5. The molecule has 2 saturated heterocycles. The van der Waals surface area contributed by atoms with Crippen LogP contribution in [0.5, 0.6) is 0 Å². The van der Waals surface area contributed by atoms with E-state index in [4.69, 9.17) is 4.74 Å². The summed E-state index contributed by atoms with van der Waals surface area (Å²) in [4.78, 5) is 26.8. The largest absolute Gasteiger partial charge is 0.375 e. The number of rotatable bonds is 4. The molecule has 0 aromatic heterocycles. The van der Waals surface area contributed by atoms with Gasteiger partial charge in [-0.25, -0.2) is 0 Å². The van der Waals surface area contributed by atoms with Crippen LogP contribution in [-0.2, 0) is 20.7 Å². The highest BCUT2D eigenvalue weighted by molar-refractivity contribution is 5.92. The molecule has 1 aromatic carbocycles. The molecular formula is C21H30ClN3O3. The van der Waals surface area contributed by atoms with E-state index in [-0.39, 0.29) is 36.2 Å². The molecule has 28 heavy (non-hydrogen) atoms. The van der Waals surface area contributed by atoms with E-state index in [1.807, 2.05) is 29.2 Å². The van der Waals surface area contributed by atoms with E-state index in [1.54, 1.807) is 0 Å². The number of amides is 2. The van der Waals surface area contributed by atoms with Crippen molar-refractivity contribution in [3.63, 3.8) is 0 Å². The Balaban J connectivity index is 0.00000225. The van der Waals surface area contributed by atoms with E-state index in [2.05, 4.69) is 10.6 Å². The maximum atomic E-state index is 12.6. The molecule has 1 saturated carbocycles. The Morgan fingerprint density at radius 3 is 2.64 bits per heavy atom. The van der Waals surface area contributed by atoms with Gasteiger partial charge in [-0.15, -0.1) is 12.4 Å². The van der Waals surface area contributed by atoms with Gasteiger partial charge in [-0.1, -0.05) is 12.1 Å². The Kier molecular flexibility index (Phi) is 7.32. The highest BCUT2D eigenvalue weighted by Gasteiger charge is 2.35. The first-order valence-electron chi connectivity index (χ1n) is 10.2. The quantitative estimate of drug-likeness (QED) is 0.803. The fourth-order valence-corrected chi connectivity index (χ4v) is 4.45. The highest BCUT2D eigenvalue weighted by Crippen LogP contribution is 2.29. The van der Waals surface area contributed by atoms with Crippen LogP contribution in [0.15, 0.2) is 24.3 Å². The molecule has 6 nitrogen and oxygen atoms in total. The van der Waals surface area contributed by atoms with Crippen molar-refractivity contribution >= 4 is 29.9 Å². The summed E-state index contributed by atoms with van der Waals surface area (Å²) in [6, 6.07) is 7.98. The molecule has 3 fully saturated rings.